The molecule has 8 nitrogen and oxygen atoms in total. The van der Waals surface area contributed by atoms with E-state index in [1.165, 1.54) is 16.8 Å². The van der Waals surface area contributed by atoms with Crippen LogP contribution in [0.25, 0.3) is 11.3 Å². The number of carbonyl (C=O) groups is 1. The number of anilines is 1. The number of urea groups is 1. The van der Waals surface area contributed by atoms with Gasteiger partial charge in [0, 0.05) is 49.6 Å². The van der Waals surface area contributed by atoms with E-state index >= 15 is 0 Å². The van der Waals surface area contributed by atoms with Gasteiger partial charge >= 0.3 is 6.03 Å². The summed E-state index contributed by atoms with van der Waals surface area (Å²) < 4.78 is 33.7. The molecule has 2 aromatic carbocycles. The van der Waals surface area contributed by atoms with Crippen LogP contribution in [0.3, 0.4) is 0 Å². The van der Waals surface area contributed by atoms with Gasteiger partial charge in [-0.15, -0.1) is 12.4 Å². The fourth-order valence-corrected chi connectivity index (χ4v) is 3.67. The summed E-state index contributed by atoms with van der Waals surface area (Å²) >= 11 is 0. The topological polar surface area (TPSA) is 88.5 Å². The summed E-state index contributed by atoms with van der Waals surface area (Å²) in [7, 11) is 0. The van der Waals surface area contributed by atoms with Gasteiger partial charge in [0.2, 0.25) is 0 Å². The van der Waals surface area contributed by atoms with Crippen molar-refractivity contribution in [3.63, 3.8) is 0 Å². The number of aromatic nitrogens is 2. The number of benzene rings is 2. The van der Waals surface area contributed by atoms with Crippen LogP contribution in [-0.2, 0) is 11.3 Å². The molecule has 11 heteroatoms. The van der Waals surface area contributed by atoms with Gasteiger partial charge in [-0.05, 0) is 35.9 Å². The third-order valence-electron chi connectivity index (χ3n) is 5.36. The van der Waals surface area contributed by atoms with E-state index in [1.54, 1.807) is 24.3 Å². The van der Waals surface area contributed by atoms with E-state index in [1.807, 2.05) is 0 Å². The van der Waals surface area contributed by atoms with Crippen LogP contribution in [0, 0.1) is 11.6 Å². The van der Waals surface area contributed by atoms with Gasteiger partial charge in [-0.3, -0.25) is 9.69 Å². The van der Waals surface area contributed by atoms with Crippen LogP contribution in [-0.4, -0.2) is 60.1 Å². The predicted molar refractivity (Wildman–Crippen MR) is 131 cm³/mol. The quantitative estimate of drug-likeness (QED) is 0.515. The van der Waals surface area contributed by atoms with E-state index in [0.29, 0.717) is 25.4 Å². The number of rotatable bonds is 7. The van der Waals surface area contributed by atoms with Crippen molar-refractivity contribution >= 4 is 24.1 Å². The Morgan fingerprint density at radius 1 is 1.03 bits per heavy atom. The highest BCUT2D eigenvalue weighted by Crippen LogP contribution is 2.19. The van der Waals surface area contributed by atoms with E-state index < -0.39 is 11.6 Å². The highest BCUT2D eigenvalue weighted by atomic mass is 35.5. The zero-order valence-electron chi connectivity index (χ0n) is 18.9. The zero-order chi connectivity index (χ0) is 23.9. The summed E-state index contributed by atoms with van der Waals surface area (Å²) in [5.74, 6) is -1.45. The average molecular weight is 506 g/mol. The van der Waals surface area contributed by atoms with Crippen LogP contribution in [0.5, 0.6) is 0 Å². The van der Waals surface area contributed by atoms with Crippen molar-refractivity contribution in [2.24, 2.45) is 0 Å². The number of hydrogen-bond acceptors (Lipinski definition) is 5. The molecule has 0 radical (unpaired) electrons. The number of nitrogens with one attached hydrogen (secondary N) is 2. The van der Waals surface area contributed by atoms with Gasteiger partial charge in [0.05, 0.1) is 25.5 Å². The largest absolute Gasteiger partial charge is 0.379 e. The molecule has 2 N–H and O–H groups in total. The Balaban J connectivity index is 0.00000342. The standard InChI is InChI=1S/C24H25F2N5O3.ClH/c25-19-13-18(14-20(26)15-19)22-4-5-23(32)31(29-22)16-17-2-1-3-21(12-17)28-24(33)27-6-7-30-8-10-34-11-9-30;/h1-5,12-15H,6-11,16H2,(H2,27,28,33);1H. The summed E-state index contributed by atoms with van der Waals surface area (Å²) in [5.41, 5.74) is 1.43. The molecule has 3 aromatic rings. The molecule has 2 amide bonds. The van der Waals surface area contributed by atoms with Crippen LogP contribution in [0.1, 0.15) is 5.56 Å². The number of halogens is 3. The highest BCUT2D eigenvalue weighted by molar-refractivity contribution is 5.89. The van der Waals surface area contributed by atoms with Crippen molar-refractivity contribution in [2.45, 2.75) is 6.54 Å². The summed E-state index contributed by atoms with van der Waals surface area (Å²) in [6, 6.07) is 12.5. The second kappa shape index (κ2) is 12.4. The molecule has 0 bridgehead atoms. The van der Waals surface area contributed by atoms with Crippen LogP contribution < -0.4 is 16.2 Å². The minimum absolute atomic E-state index is 0. The lowest BCUT2D eigenvalue weighted by molar-refractivity contribution is 0.0388. The number of carbonyl (C=O) groups excluding carboxylic acids is 1. The van der Waals surface area contributed by atoms with Crippen molar-refractivity contribution < 1.29 is 18.3 Å². The molecule has 4 rings (SSSR count). The first-order chi connectivity index (χ1) is 16.5. The van der Waals surface area contributed by atoms with Crippen molar-refractivity contribution in [1.82, 2.24) is 20.0 Å². The van der Waals surface area contributed by atoms with Crippen LogP contribution >= 0.6 is 12.4 Å². The van der Waals surface area contributed by atoms with Gasteiger partial charge in [-0.25, -0.2) is 18.3 Å². The molecule has 0 unspecified atom stereocenters. The van der Waals surface area contributed by atoms with E-state index in [2.05, 4.69) is 20.6 Å². The Kier molecular flexibility index (Phi) is 9.30. The molecule has 186 valence electrons. The lowest BCUT2D eigenvalue weighted by Gasteiger charge is -2.26. The smallest absolute Gasteiger partial charge is 0.319 e. The van der Waals surface area contributed by atoms with Gasteiger partial charge in [-0.2, -0.15) is 5.10 Å². The zero-order valence-corrected chi connectivity index (χ0v) is 19.7. The number of morpholine rings is 1. The molecule has 0 aliphatic carbocycles. The summed E-state index contributed by atoms with van der Waals surface area (Å²) in [6.45, 7) is 4.51. The minimum Gasteiger partial charge on any atom is -0.379 e. The van der Waals surface area contributed by atoms with E-state index in [-0.39, 0.29) is 41.8 Å². The summed E-state index contributed by atoms with van der Waals surface area (Å²) in [6.07, 6.45) is 0. The molecule has 0 spiro atoms. The molecular weight excluding hydrogens is 480 g/mol. The molecule has 1 aliphatic heterocycles. The monoisotopic (exact) mass is 505 g/mol. The number of ether oxygens (including phenoxy) is 1. The van der Waals surface area contributed by atoms with Crippen LogP contribution in [0.15, 0.2) is 59.4 Å². The molecular formula is C24H26ClF2N5O3. The molecule has 1 aliphatic rings. The fourth-order valence-electron chi connectivity index (χ4n) is 3.67. The Bertz CT molecular complexity index is 1200. The van der Waals surface area contributed by atoms with E-state index in [4.69, 9.17) is 4.74 Å². The Morgan fingerprint density at radius 3 is 2.51 bits per heavy atom. The van der Waals surface area contributed by atoms with E-state index in [9.17, 15) is 18.4 Å². The van der Waals surface area contributed by atoms with Crippen molar-refractivity contribution in [2.75, 3.05) is 44.7 Å². The number of hydrogen-bond donors (Lipinski definition) is 2. The Morgan fingerprint density at radius 2 is 1.77 bits per heavy atom. The Labute approximate surface area is 207 Å². The molecule has 0 saturated carbocycles. The molecule has 2 heterocycles. The maximum absolute atomic E-state index is 13.6. The van der Waals surface area contributed by atoms with Gasteiger partial charge in [0.1, 0.15) is 11.6 Å². The van der Waals surface area contributed by atoms with Crippen LogP contribution in [0.2, 0.25) is 0 Å². The third-order valence-corrected chi connectivity index (χ3v) is 5.36. The number of amides is 2. The minimum atomic E-state index is -0.725. The Hall–Kier alpha value is -3.34. The summed E-state index contributed by atoms with van der Waals surface area (Å²) in [5, 5.41) is 9.87. The van der Waals surface area contributed by atoms with Crippen molar-refractivity contribution in [1.29, 1.82) is 0 Å². The normalized spacial score (nSPS) is 13.7. The SMILES string of the molecule is Cl.O=C(NCCN1CCOCC1)Nc1cccc(Cn2nc(-c3cc(F)cc(F)c3)ccc2=O)c1. The first-order valence-electron chi connectivity index (χ1n) is 10.9. The molecule has 1 aromatic heterocycles. The van der Waals surface area contributed by atoms with Gasteiger partial charge < -0.3 is 15.4 Å². The molecule has 0 atom stereocenters. The first-order valence-corrected chi connectivity index (χ1v) is 10.9. The average Bonchev–Trinajstić information content (AvgIpc) is 2.81. The maximum atomic E-state index is 13.6. The lowest BCUT2D eigenvalue weighted by atomic mass is 10.1. The maximum Gasteiger partial charge on any atom is 0.319 e. The van der Waals surface area contributed by atoms with Crippen molar-refractivity contribution in [3.05, 3.63) is 82.1 Å². The second-order valence-corrected chi connectivity index (χ2v) is 7.91. The fraction of sp³-hybridized carbons (Fsp3) is 0.292. The second-order valence-electron chi connectivity index (χ2n) is 7.91. The van der Waals surface area contributed by atoms with Gasteiger partial charge in [0.25, 0.3) is 5.56 Å². The van der Waals surface area contributed by atoms with Crippen LogP contribution in [0.4, 0.5) is 19.3 Å². The predicted octanol–water partition coefficient (Wildman–Crippen LogP) is 3.11. The third kappa shape index (κ3) is 7.57. The molecule has 35 heavy (non-hydrogen) atoms. The van der Waals surface area contributed by atoms with Gasteiger partial charge in [0.15, 0.2) is 0 Å². The molecule has 1 fully saturated rings. The van der Waals surface area contributed by atoms with Gasteiger partial charge in [-0.1, -0.05) is 12.1 Å². The van der Waals surface area contributed by atoms with E-state index in [0.717, 1.165) is 43.4 Å². The number of nitrogens with zero attached hydrogens (tertiary/aromatic N) is 3. The molecule has 1 saturated heterocycles. The summed E-state index contributed by atoms with van der Waals surface area (Å²) in [4.78, 5) is 26.8. The van der Waals surface area contributed by atoms with Crippen molar-refractivity contribution in [3.8, 4) is 11.3 Å². The first kappa shape index (κ1) is 26.3. The highest BCUT2D eigenvalue weighted by Gasteiger charge is 2.11. The lowest BCUT2D eigenvalue weighted by Crippen LogP contribution is -2.42.